The number of aryl methyl sites for hydroxylation is 2. The van der Waals surface area contributed by atoms with E-state index in [0.717, 1.165) is 52.5 Å². The van der Waals surface area contributed by atoms with Crippen LogP contribution in [-0.4, -0.2) is 46.1 Å². The summed E-state index contributed by atoms with van der Waals surface area (Å²) in [7, 11) is 0. The average Bonchev–Trinajstić information content (AvgIpc) is 3.55. The van der Waals surface area contributed by atoms with Crippen molar-refractivity contribution in [1.29, 1.82) is 0 Å². The highest BCUT2D eigenvalue weighted by atomic mass is 32.1. The molecule has 240 valence electrons. The summed E-state index contributed by atoms with van der Waals surface area (Å²) in [6.07, 6.45) is 4.87. The Morgan fingerprint density at radius 3 is 1.40 bits per heavy atom. The maximum Gasteiger partial charge on any atom is 0.338 e. The van der Waals surface area contributed by atoms with E-state index in [2.05, 4.69) is 9.98 Å². The molecule has 0 N–H and O–H groups in total. The highest BCUT2D eigenvalue weighted by molar-refractivity contribution is 7.16. The van der Waals surface area contributed by atoms with Crippen molar-refractivity contribution in [3.8, 4) is 0 Å². The number of amides is 2. The van der Waals surface area contributed by atoms with Gasteiger partial charge in [-0.05, 0) is 76.9 Å². The van der Waals surface area contributed by atoms with Gasteiger partial charge in [0.1, 0.15) is 0 Å². The highest BCUT2D eigenvalue weighted by Gasteiger charge is 2.13. The largest absolute Gasteiger partial charge is 0.462 e. The molecule has 12 heteroatoms. The lowest BCUT2D eigenvalue weighted by Gasteiger charge is -2.03. The molecule has 2 heterocycles. The number of thiazole rings is 2. The summed E-state index contributed by atoms with van der Waals surface area (Å²) >= 11 is 2.79. The summed E-state index contributed by atoms with van der Waals surface area (Å²) in [5.74, 6) is -1.05. The standard InChI is InChI=1S/C33H40N4O6S2/c1-5-36-24-18-16-22(30(40)42-7-3)20-26(24)44-32(36)34-28(38)14-12-10-9-11-13-15-29(39)35-33-37(6-2)25-19-17-23(21-27(25)45-33)31(41)43-8-4/h16-21H,5-15H2,1-4H3. The van der Waals surface area contributed by atoms with E-state index in [1.165, 1.54) is 22.7 Å². The molecule has 0 spiro atoms. The van der Waals surface area contributed by atoms with Crippen molar-refractivity contribution in [1.82, 2.24) is 9.13 Å². The molecule has 0 unspecified atom stereocenters. The highest BCUT2D eigenvalue weighted by Crippen LogP contribution is 2.21. The molecule has 2 amide bonds. The summed E-state index contributed by atoms with van der Waals surface area (Å²) in [6, 6.07) is 10.8. The lowest BCUT2D eigenvalue weighted by Crippen LogP contribution is -2.15. The van der Waals surface area contributed by atoms with Crippen molar-refractivity contribution >= 4 is 66.9 Å². The second-order valence-electron chi connectivity index (χ2n) is 10.3. The van der Waals surface area contributed by atoms with Gasteiger partial charge in [0.15, 0.2) is 9.60 Å². The van der Waals surface area contributed by atoms with E-state index in [4.69, 9.17) is 9.47 Å². The van der Waals surface area contributed by atoms with Crippen LogP contribution in [0.5, 0.6) is 0 Å². The van der Waals surface area contributed by atoms with Gasteiger partial charge in [-0.25, -0.2) is 9.59 Å². The molecule has 0 aliphatic heterocycles. The Bertz CT molecular complexity index is 1700. The number of carbonyl (C=O) groups excluding carboxylic acids is 4. The second kappa shape index (κ2) is 16.4. The van der Waals surface area contributed by atoms with E-state index in [9.17, 15) is 19.2 Å². The van der Waals surface area contributed by atoms with Crippen LogP contribution in [0.4, 0.5) is 0 Å². The number of fused-ring (bicyclic) bond motifs is 2. The third-order valence-corrected chi connectivity index (χ3v) is 9.32. The number of carbonyl (C=O) groups is 4. The number of unbranched alkanes of at least 4 members (excludes halogenated alkanes) is 4. The Hall–Kier alpha value is -3.90. The minimum absolute atomic E-state index is 0.162. The Kier molecular flexibility index (Phi) is 12.4. The van der Waals surface area contributed by atoms with Crippen LogP contribution in [0.25, 0.3) is 20.4 Å². The van der Waals surface area contributed by atoms with E-state index in [1.54, 1.807) is 38.1 Å². The predicted octanol–water partition coefficient (Wildman–Crippen LogP) is 6.40. The predicted molar refractivity (Wildman–Crippen MR) is 176 cm³/mol. The molecule has 0 bridgehead atoms. The van der Waals surface area contributed by atoms with Gasteiger partial charge in [-0.1, -0.05) is 41.9 Å². The zero-order valence-corrected chi connectivity index (χ0v) is 27.9. The fraction of sp³-hybridized carbons (Fsp3) is 0.455. The zero-order chi connectivity index (χ0) is 32.3. The van der Waals surface area contributed by atoms with Gasteiger partial charge in [0, 0.05) is 25.9 Å². The fourth-order valence-corrected chi connectivity index (χ4v) is 7.32. The molecule has 0 saturated carbocycles. The van der Waals surface area contributed by atoms with Gasteiger partial charge >= 0.3 is 11.9 Å². The van der Waals surface area contributed by atoms with E-state index in [0.29, 0.717) is 59.9 Å². The molecule has 0 aliphatic rings. The van der Waals surface area contributed by atoms with Crippen molar-refractivity contribution < 1.29 is 28.7 Å². The summed E-state index contributed by atoms with van der Waals surface area (Å²) in [6.45, 7) is 9.49. The molecule has 0 atom stereocenters. The molecular weight excluding hydrogens is 613 g/mol. The maximum absolute atomic E-state index is 12.6. The fourth-order valence-electron chi connectivity index (χ4n) is 5.02. The Balaban J connectivity index is 1.25. The van der Waals surface area contributed by atoms with Gasteiger partial charge in [0.25, 0.3) is 0 Å². The van der Waals surface area contributed by atoms with Crippen LogP contribution in [0, 0.1) is 0 Å². The SMILES string of the molecule is CCOC(=O)c1ccc2c(c1)sc(=NC(=O)CCCCCCCC(=O)N=c1sc3cc(C(=O)OCC)ccc3n1CC)n2CC. The van der Waals surface area contributed by atoms with Crippen molar-refractivity contribution in [3.05, 3.63) is 57.1 Å². The second-order valence-corrected chi connectivity index (χ2v) is 12.4. The molecular formula is C33H40N4O6S2. The minimum Gasteiger partial charge on any atom is -0.462 e. The summed E-state index contributed by atoms with van der Waals surface area (Å²) < 4.78 is 15.9. The quantitative estimate of drug-likeness (QED) is 0.115. The molecule has 4 rings (SSSR count). The van der Waals surface area contributed by atoms with Crippen LogP contribution >= 0.6 is 22.7 Å². The number of hydrogen-bond donors (Lipinski definition) is 0. The first kappa shape index (κ1) is 34.0. The van der Waals surface area contributed by atoms with Gasteiger partial charge < -0.3 is 18.6 Å². The Morgan fingerprint density at radius 1 is 0.622 bits per heavy atom. The number of esters is 2. The summed E-state index contributed by atoms with van der Waals surface area (Å²) in [5, 5.41) is 0. The maximum atomic E-state index is 12.6. The molecule has 0 aliphatic carbocycles. The molecule has 0 saturated heterocycles. The molecule has 10 nitrogen and oxygen atoms in total. The molecule has 0 fully saturated rings. The zero-order valence-electron chi connectivity index (χ0n) is 26.3. The van der Waals surface area contributed by atoms with Gasteiger partial charge in [-0.3, -0.25) is 9.59 Å². The first-order valence-corrected chi connectivity index (χ1v) is 17.2. The third kappa shape index (κ3) is 8.64. The topological polar surface area (TPSA) is 121 Å². The van der Waals surface area contributed by atoms with E-state index < -0.39 is 0 Å². The van der Waals surface area contributed by atoms with E-state index in [-0.39, 0.29) is 23.8 Å². The van der Waals surface area contributed by atoms with Crippen LogP contribution in [0.2, 0.25) is 0 Å². The Labute approximate surface area is 270 Å². The molecule has 4 aromatic rings. The van der Waals surface area contributed by atoms with Crippen molar-refractivity contribution in [2.45, 2.75) is 85.7 Å². The van der Waals surface area contributed by atoms with Crippen LogP contribution in [-0.2, 0) is 32.2 Å². The van der Waals surface area contributed by atoms with Crippen LogP contribution in [0.1, 0.15) is 93.4 Å². The molecule has 2 aromatic heterocycles. The Morgan fingerprint density at radius 2 is 1.02 bits per heavy atom. The van der Waals surface area contributed by atoms with Gasteiger partial charge in [0.05, 0.1) is 44.8 Å². The van der Waals surface area contributed by atoms with E-state index in [1.807, 2.05) is 35.1 Å². The lowest BCUT2D eigenvalue weighted by atomic mass is 10.1. The van der Waals surface area contributed by atoms with Gasteiger partial charge in [0.2, 0.25) is 11.8 Å². The number of rotatable bonds is 14. The first-order valence-electron chi connectivity index (χ1n) is 15.6. The number of nitrogens with zero attached hydrogens (tertiary/aromatic N) is 4. The van der Waals surface area contributed by atoms with E-state index >= 15 is 0 Å². The number of aromatic nitrogens is 2. The smallest absolute Gasteiger partial charge is 0.338 e. The van der Waals surface area contributed by atoms with Gasteiger partial charge in [-0.2, -0.15) is 9.98 Å². The molecule has 45 heavy (non-hydrogen) atoms. The number of hydrogen-bond acceptors (Lipinski definition) is 8. The van der Waals surface area contributed by atoms with Crippen molar-refractivity contribution in [2.24, 2.45) is 9.98 Å². The minimum atomic E-state index is -0.364. The summed E-state index contributed by atoms with van der Waals surface area (Å²) in [5.41, 5.74) is 2.84. The van der Waals surface area contributed by atoms with Crippen LogP contribution < -0.4 is 9.60 Å². The number of ether oxygens (including phenoxy) is 2. The van der Waals surface area contributed by atoms with Crippen LogP contribution in [0.15, 0.2) is 46.4 Å². The number of benzene rings is 2. The third-order valence-electron chi connectivity index (χ3n) is 7.24. The molecule has 2 aromatic carbocycles. The van der Waals surface area contributed by atoms with Crippen molar-refractivity contribution in [2.75, 3.05) is 13.2 Å². The molecule has 0 radical (unpaired) electrons. The monoisotopic (exact) mass is 652 g/mol. The normalized spacial score (nSPS) is 12.3. The summed E-state index contributed by atoms with van der Waals surface area (Å²) in [4.78, 5) is 59.5. The average molecular weight is 653 g/mol. The first-order chi connectivity index (χ1) is 21.8. The van der Waals surface area contributed by atoms with Gasteiger partial charge in [-0.15, -0.1) is 0 Å². The van der Waals surface area contributed by atoms with Crippen LogP contribution in [0.3, 0.4) is 0 Å². The lowest BCUT2D eigenvalue weighted by molar-refractivity contribution is -0.118. The van der Waals surface area contributed by atoms with Crippen molar-refractivity contribution in [3.63, 3.8) is 0 Å².